The molecule has 1 saturated heterocycles. The quantitative estimate of drug-likeness (QED) is 0.887. The molecular formula is C12H15Cl2NO. The highest BCUT2D eigenvalue weighted by molar-refractivity contribution is 6.35. The van der Waals surface area contributed by atoms with Crippen molar-refractivity contribution in [3.63, 3.8) is 0 Å². The van der Waals surface area contributed by atoms with E-state index in [1.165, 1.54) is 0 Å². The number of hydrogen-bond acceptors (Lipinski definition) is 2. The van der Waals surface area contributed by atoms with Crippen LogP contribution in [0.3, 0.4) is 0 Å². The summed E-state index contributed by atoms with van der Waals surface area (Å²) in [6.45, 7) is 1.49. The van der Waals surface area contributed by atoms with Crippen LogP contribution in [0.15, 0.2) is 18.2 Å². The van der Waals surface area contributed by atoms with Crippen LogP contribution in [0, 0.1) is 5.92 Å². The van der Waals surface area contributed by atoms with Crippen molar-refractivity contribution in [2.75, 3.05) is 13.2 Å². The molecule has 1 fully saturated rings. The summed E-state index contributed by atoms with van der Waals surface area (Å²) >= 11 is 12.0. The van der Waals surface area contributed by atoms with E-state index in [-0.39, 0.29) is 6.04 Å². The Hall–Kier alpha value is -0.280. The Kier molecular flexibility index (Phi) is 4.09. The Morgan fingerprint density at radius 2 is 2.19 bits per heavy atom. The molecule has 0 aromatic heterocycles. The lowest BCUT2D eigenvalue weighted by molar-refractivity contribution is 0.0422. The molecule has 1 aliphatic rings. The smallest absolute Gasteiger partial charge is 0.0512 e. The van der Waals surface area contributed by atoms with Gasteiger partial charge in [-0.2, -0.15) is 0 Å². The first kappa shape index (κ1) is 12.2. The minimum Gasteiger partial charge on any atom is -0.381 e. The van der Waals surface area contributed by atoms with Crippen LogP contribution in [0.5, 0.6) is 0 Å². The third kappa shape index (κ3) is 2.89. The summed E-state index contributed by atoms with van der Waals surface area (Å²) in [4.78, 5) is 0. The molecule has 16 heavy (non-hydrogen) atoms. The first-order valence-corrected chi connectivity index (χ1v) is 6.19. The summed E-state index contributed by atoms with van der Waals surface area (Å²) < 4.78 is 5.44. The van der Waals surface area contributed by atoms with Gasteiger partial charge in [0.15, 0.2) is 0 Å². The lowest BCUT2D eigenvalue weighted by Gasteiger charge is -2.28. The highest BCUT2D eigenvalue weighted by atomic mass is 35.5. The SMILES string of the molecule is N[C@@H]1CCOC[C@H]1Cc1ccc(Cl)cc1Cl. The Bertz CT molecular complexity index is 370. The number of benzene rings is 1. The Morgan fingerprint density at radius 3 is 2.88 bits per heavy atom. The Morgan fingerprint density at radius 1 is 1.38 bits per heavy atom. The van der Waals surface area contributed by atoms with Crippen LogP contribution in [0.2, 0.25) is 10.0 Å². The zero-order valence-corrected chi connectivity index (χ0v) is 10.5. The van der Waals surface area contributed by atoms with Crippen LogP contribution < -0.4 is 5.73 Å². The maximum atomic E-state index is 6.13. The summed E-state index contributed by atoms with van der Waals surface area (Å²) in [7, 11) is 0. The number of ether oxygens (including phenoxy) is 1. The molecule has 0 unspecified atom stereocenters. The van der Waals surface area contributed by atoms with Crippen LogP contribution >= 0.6 is 23.2 Å². The molecule has 88 valence electrons. The lowest BCUT2D eigenvalue weighted by Crippen LogP contribution is -2.39. The lowest BCUT2D eigenvalue weighted by atomic mass is 9.90. The number of rotatable bonds is 2. The van der Waals surface area contributed by atoms with Crippen LogP contribution in [0.4, 0.5) is 0 Å². The third-order valence-electron chi connectivity index (χ3n) is 3.03. The van der Waals surface area contributed by atoms with Gasteiger partial charge >= 0.3 is 0 Å². The molecule has 0 radical (unpaired) electrons. The van der Waals surface area contributed by atoms with Crippen molar-refractivity contribution in [2.45, 2.75) is 18.9 Å². The van der Waals surface area contributed by atoms with Gasteiger partial charge in [-0.05, 0) is 30.5 Å². The van der Waals surface area contributed by atoms with Gasteiger partial charge in [0.2, 0.25) is 0 Å². The van der Waals surface area contributed by atoms with Gasteiger partial charge in [0, 0.05) is 28.6 Å². The van der Waals surface area contributed by atoms with E-state index in [1.54, 1.807) is 6.07 Å². The minimum atomic E-state index is 0.209. The van der Waals surface area contributed by atoms with Gasteiger partial charge in [-0.1, -0.05) is 29.3 Å². The fraction of sp³-hybridized carbons (Fsp3) is 0.500. The van der Waals surface area contributed by atoms with E-state index < -0.39 is 0 Å². The van der Waals surface area contributed by atoms with Gasteiger partial charge in [-0.3, -0.25) is 0 Å². The average Bonchev–Trinajstić information content (AvgIpc) is 2.25. The number of halogens is 2. The molecule has 2 atom stereocenters. The van der Waals surface area contributed by atoms with E-state index in [4.69, 9.17) is 33.7 Å². The molecule has 4 heteroatoms. The van der Waals surface area contributed by atoms with Crippen molar-refractivity contribution in [3.8, 4) is 0 Å². The van der Waals surface area contributed by atoms with Crippen LogP contribution in [0.1, 0.15) is 12.0 Å². The maximum absolute atomic E-state index is 6.13. The number of nitrogens with two attached hydrogens (primary N) is 1. The van der Waals surface area contributed by atoms with E-state index in [0.29, 0.717) is 16.0 Å². The van der Waals surface area contributed by atoms with Crippen LogP contribution in [0.25, 0.3) is 0 Å². The normalized spacial score (nSPS) is 25.7. The fourth-order valence-electron chi connectivity index (χ4n) is 1.99. The Balaban J connectivity index is 2.07. The fourth-order valence-corrected chi connectivity index (χ4v) is 2.48. The highest BCUT2D eigenvalue weighted by Gasteiger charge is 2.23. The topological polar surface area (TPSA) is 35.2 Å². The molecule has 1 aromatic carbocycles. The van der Waals surface area contributed by atoms with Crippen molar-refractivity contribution < 1.29 is 4.74 Å². The second kappa shape index (κ2) is 5.37. The van der Waals surface area contributed by atoms with Crippen LogP contribution in [-0.2, 0) is 11.2 Å². The number of hydrogen-bond donors (Lipinski definition) is 1. The Labute approximate surface area is 106 Å². The molecule has 0 amide bonds. The molecule has 1 heterocycles. The van der Waals surface area contributed by atoms with Crippen molar-refractivity contribution in [2.24, 2.45) is 11.7 Å². The monoisotopic (exact) mass is 259 g/mol. The molecule has 2 nitrogen and oxygen atoms in total. The van der Waals surface area contributed by atoms with Crippen LogP contribution in [-0.4, -0.2) is 19.3 Å². The summed E-state index contributed by atoms with van der Waals surface area (Å²) in [6, 6.07) is 5.80. The third-order valence-corrected chi connectivity index (χ3v) is 3.62. The van der Waals surface area contributed by atoms with Gasteiger partial charge in [-0.15, -0.1) is 0 Å². The van der Waals surface area contributed by atoms with Gasteiger partial charge in [0.25, 0.3) is 0 Å². The predicted molar refractivity (Wildman–Crippen MR) is 67.1 cm³/mol. The van der Waals surface area contributed by atoms with Crippen molar-refractivity contribution >= 4 is 23.2 Å². The molecule has 0 aliphatic carbocycles. The largest absolute Gasteiger partial charge is 0.381 e. The second-order valence-corrected chi connectivity index (χ2v) is 5.07. The van der Waals surface area contributed by atoms with E-state index in [1.807, 2.05) is 12.1 Å². The summed E-state index contributed by atoms with van der Waals surface area (Å²) in [6.07, 6.45) is 1.78. The van der Waals surface area contributed by atoms with E-state index in [9.17, 15) is 0 Å². The maximum Gasteiger partial charge on any atom is 0.0512 e. The summed E-state index contributed by atoms with van der Waals surface area (Å²) in [5.74, 6) is 0.354. The summed E-state index contributed by atoms with van der Waals surface area (Å²) in [5.41, 5.74) is 7.15. The van der Waals surface area contributed by atoms with Gasteiger partial charge < -0.3 is 10.5 Å². The molecule has 0 bridgehead atoms. The zero-order chi connectivity index (χ0) is 11.5. The highest BCUT2D eigenvalue weighted by Crippen LogP contribution is 2.25. The van der Waals surface area contributed by atoms with Gasteiger partial charge in [-0.25, -0.2) is 0 Å². The molecule has 0 saturated carbocycles. The van der Waals surface area contributed by atoms with Gasteiger partial charge in [0.05, 0.1) is 6.61 Å². The molecular weight excluding hydrogens is 245 g/mol. The van der Waals surface area contributed by atoms with E-state index in [0.717, 1.165) is 31.6 Å². The predicted octanol–water partition coefficient (Wildman–Crippen LogP) is 2.90. The molecule has 0 spiro atoms. The van der Waals surface area contributed by atoms with Gasteiger partial charge in [0.1, 0.15) is 0 Å². The first-order valence-electron chi connectivity index (χ1n) is 5.44. The van der Waals surface area contributed by atoms with E-state index in [2.05, 4.69) is 0 Å². The molecule has 1 aliphatic heterocycles. The first-order chi connectivity index (χ1) is 7.66. The second-order valence-electron chi connectivity index (χ2n) is 4.23. The minimum absolute atomic E-state index is 0.209. The average molecular weight is 260 g/mol. The van der Waals surface area contributed by atoms with Crippen molar-refractivity contribution in [1.82, 2.24) is 0 Å². The van der Waals surface area contributed by atoms with E-state index >= 15 is 0 Å². The molecule has 2 rings (SSSR count). The van der Waals surface area contributed by atoms with Crippen molar-refractivity contribution in [3.05, 3.63) is 33.8 Å². The molecule has 2 N–H and O–H groups in total. The summed E-state index contributed by atoms with van der Waals surface area (Å²) in [5, 5.41) is 1.38. The standard InChI is InChI=1S/C12H15Cl2NO/c13-10-2-1-8(11(14)6-10)5-9-7-16-4-3-12(9)15/h1-2,6,9,12H,3-5,7,15H2/t9-,12-/m1/s1. The van der Waals surface area contributed by atoms with Crippen molar-refractivity contribution in [1.29, 1.82) is 0 Å². The zero-order valence-electron chi connectivity index (χ0n) is 8.96. The molecule has 1 aromatic rings.